The SMILES string of the molecule is CCNC(=NCCS(=O)(=O)N1CCc2ccccc21)N(C)CCC1CCOCC1. The quantitative estimate of drug-likeness (QED) is 0.513. The number of ether oxygens (including phenoxy) is 1. The molecule has 2 heterocycles. The van der Waals surface area contributed by atoms with Crippen molar-refractivity contribution in [3.8, 4) is 0 Å². The molecule has 0 saturated carbocycles. The summed E-state index contributed by atoms with van der Waals surface area (Å²) < 4.78 is 32.7. The third-order valence-corrected chi connectivity index (χ3v) is 7.45. The van der Waals surface area contributed by atoms with E-state index in [4.69, 9.17) is 4.74 Å². The highest BCUT2D eigenvalue weighted by Crippen LogP contribution is 2.29. The average molecular weight is 423 g/mol. The lowest BCUT2D eigenvalue weighted by molar-refractivity contribution is 0.0625. The minimum absolute atomic E-state index is 0.0179. The fraction of sp³-hybridized carbons (Fsp3) is 0.667. The van der Waals surface area contributed by atoms with Crippen LogP contribution in [0.2, 0.25) is 0 Å². The molecule has 1 fully saturated rings. The van der Waals surface area contributed by atoms with Gasteiger partial charge < -0.3 is 15.0 Å². The van der Waals surface area contributed by atoms with E-state index in [1.54, 1.807) is 4.31 Å². The van der Waals surface area contributed by atoms with Gasteiger partial charge in [-0.3, -0.25) is 9.30 Å². The van der Waals surface area contributed by atoms with E-state index in [9.17, 15) is 8.42 Å². The van der Waals surface area contributed by atoms with Gasteiger partial charge in [0, 0.05) is 39.9 Å². The Labute approximate surface area is 175 Å². The van der Waals surface area contributed by atoms with E-state index in [-0.39, 0.29) is 12.3 Å². The van der Waals surface area contributed by atoms with Crippen LogP contribution in [0, 0.1) is 5.92 Å². The van der Waals surface area contributed by atoms with Crippen LogP contribution >= 0.6 is 0 Å². The van der Waals surface area contributed by atoms with Gasteiger partial charge >= 0.3 is 0 Å². The normalized spacial score (nSPS) is 18.0. The number of fused-ring (bicyclic) bond motifs is 1. The lowest BCUT2D eigenvalue weighted by Crippen LogP contribution is -2.40. The average Bonchev–Trinajstić information content (AvgIpc) is 3.17. The Balaban J connectivity index is 1.55. The summed E-state index contributed by atoms with van der Waals surface area (Å²) in [7, 11) is -1.35. The molecule has 1 saturated heterocycles. The summed E-state index contributed by atoms with van der Waals surface area (Å²) in [5.74, 6) is 1.49. The van der Waals surface area contributed by atoms with Crippen molar-refractivity contribution in [3.63, 3.8) is 0 Å². The molecule has 3 rings (SSSR count). The molecule has 2 aliphatic heterocycles. The minimum atomic E-state index is -3.37. The maximum atomic E-state index is 12.8. The molecule has 7 nitrogen and oxygen atoms in total. The van der Waals surface area contributed by atoms with Crippen LogP contribution in [0.15, 0.2) is 29.3 Å². The summed E-state index contributed by atoms with van der Waals surface area (Å²) in [6, 6.07) is 7.73. The van der Waals surface area contributed by atoms with Gasteiger partial charge in [-0.15, -0.1) is 0 Å². The molecule has 0 unspecified atom stereocenters. The fourth-order valence-corrected chi connectivity index (χ4v) is 5.35. The topological polar surface area (TPSA) is 74.2 Å². The van der Waals surface area contributed by atoms with Crippen molar-refractivity contribution in [3.05, 3.63) is 29.8 Å². The van der Waals surface area contributed by atoms with Crippen molar-refractivity contribution in [1.82, 2.24) is 10.2 Å². The van der Waals surface area contributed by atoms with Crippen LogP contribution in [0.5, 0.6) is 0 Å². The molecule has 0 aliphatic carbocycles. The maximum absolute atomic E-state index is 12.8. The molecule has 8 heteroatoms. The number of aliphatic imine (C=N–C) groups is 1. The second kappa shape index (κ2) is 10.3. The first-order chi connectivity index (χ1) is 14.0. The zero-order valence-electron chi connectivity index (χ0n) is 17.6. The van der Waals surface area contributed by atoms with E-state index in [1.807, 2.05) is 38.2 Å². The monoisotopic (exact) mass is 422 g/mol. The van der Waals surface area contributed by atoms with Gasteiger partial charge in [0.2, 0.25) is 10.0 Å². The van der Waals surface area contributed by atoms with Crippen molar-refractivity contribution < 1.29 is 13.2 Å². The van der Waals surface area contributed by atoms with Crippen LogP contribution in [0.4, 0.5) is 5.69 Å². The van der Waals surface area contributed by atoms with Crippen molar-refractivity contribution in [2.75, 3.05) is 56.5 Å². The van der Waals surface area contributed by atoms with Crippen LogP contribution < -0.4 is 9.62 Å². The van der Waals surface area contributed by atoms with Gasteiger partial charge in [0.25, 0.3) is 0 Å². The molecular formula is C21H34N4O3S. The Morgan fingerprint density at radius 3 is 2.83 bits per heavy atom. The molecule has 162 valence electrons. The van der Waals surface area contributed by atoms with E-state index in [0.29, 0.717) is 12.5 Å². The number of hydrogen-bond donors (Lipinski definition) is 1. The Morgan fingerprint density at radius 1 is 1.31 bits per heavy atom. The van der Waals surface area contributed by atoms with Gasteiger partial charge in [0.15, 0.2) is 5.96 Å². The summed E-state index contributed by atoms with van der Waals surface area (Å²) in [4.78, 5) is 6.70. The number of guanidine groups is 1. The van der Waals surface area contributed by atoms with E-state index >= 15 is 0 Å². The van der Waals surface area contributed by atoms with Gasteiger partial charge in [-0.05, 0) is 50.2 Å². The number of nitrogens with one attached hydrogen (secondary N) is 1. The predicted octanol–water partition coefficient (Wildman–Crippen LogP) is 2.09. The highest BCUT2D eigenvalue weighted by Gasteiger charge is 2.28. The fourth-order valence-electron chi connectivity index (χ4n) is 3.96. The Bertz CT molecular complexity index is 791. The summed E-state index contributed by atoms with van der Waals surface area (Å²) in [5, 5.41) is 3.28. The predicted molar refractivity (Wildman–Crippen MR) is 118 cm³/mol. The first-order valence-corrected chi connectivity index (χ1v) is 12.3. The third kappa shape index (κ3) is 5.85. The van der Waals surface area contributed by atoms with Crippen molar-refractivity contribution in [2.24, 2.45) is 10.9 Å². The van der Waals surface area contributed by atoms with E-state index in [0.717, 1.165) is 69.2 Å². The van der Waals surface area contributed by atoms with Gasteiger partial charge in [-0.2, -0.15) is 0 Å². The molecule has 1 aromatic rings. The highest BCUT2D eigenvalue weighted by molar-refractivity contribution is 7.92. The van der Waals surface area contributed by atoms with Crippen LogP contribution in [0.3, 0.4) is 0 Å². The largest absolute Gasteiger partial charge is 0.381 e. The molecule has 0 atom stereocenters. The van der Waals surface area contributed by atoms with Crippen molar-refractivity contribution in [1.29, 1.82) is 0 Å². The van der Waals surface area contributed by atoms with Crippen molar-refractivity contribution >= 4 is 21.7 Å². The molecule has 1 N–H and O–H groups in total. The van der Waals surface area contributed by atoms with E-state index in [1.165, 1.54) is 0 Å². The van der Waals surface area contributed by atoms with Gasteiger partial charge in [0.1, 0.15) is 0 Å². The number of rotatable bonds is 8. The Kier molecular flexibility index (Phi) is 7.77. The highest BCUT2D eigenvalue weighted by atomic mass is 32.2. The minimum Gasteiger partial charge on any atom is -0.381 e. The van der Waals surface area contributed by atoms with Crippen molar-refractivity contribution in [2.45, 2.75) is 32.6 Å². The number of para-hydroxylation sites is 1. The number of nitrogens with zero attached hydrogens (tertiary/aromatic N) is 3. The zero-order chi connectivity index (χ0) is 20.7. The Hall–Kier alpha value is -1.80. The summed E-state index contributed by atoms with van der Waals surface area (Å²) in [6.07, 6.45) is 4.12. The lowest BCUT2D eigenvalue weighted by atomic mass is 9.96. The molecule has 0 spiro atoms. The second-order valence-electron chi connectivity index (χ2n) is 7.77. The van der Waals surface area contributed by atoms with Gasteiger partial charge in [-0.1, -0.05) is 18.2 Å². The molecule has 29 heavy (non-hydrogen) atoms. The van der Waals surface area contributed by atoms with Gasteiger partial charge in [-0.25, -0.2) is 8.42 Å². The van der Waals surface area contributed by atoms with E-state index in [2.05, 4.69) is 15.2 Å². The number of anilines is 1. The second-order valence-corrected chi connectivity index (χ2v) is 9.78. The maximum Gasteiger partial charge on any atom is 0.237 e. The smallest absolute Gasteiger partial charge is 0.237 e. The van der Waals surface area contributed by atoms with Crippen LogP contribution in [-0.4, -0.2) is 71.5 Å². The number of benzene rings is 1. The molecule has 1 aromatic carbocycles. The first kappa shape index (κ1) is 21.9. The van der Waals surface area contributed by atoms with Gasteiger partial charge in [0.05, 0.1) is 18.0 Å². The molecule has 0 bridgehead atoms. The van der Waals surface area contributed by atoms with E-state index < -0.39 is 10.0 Å². The Morgan fingerprint density at radius 2 is 2.07 bits per heavy atom. The number of hydrogen-bond acceptors (Lipinski definition) is 4. The summed E-state index contributed by atoms with van der Waals surface area (Å²) in [6.45, 7) is 6.19. The lowest BCUT2D eigenvalue weighted by Gasteiger charge is -2.27. The first-order valence-electron chi connectivity index (χ1n) is 10.7. The summed E-state index contributed by atoms with van der Waals surface area (Å²) >= 11 is 0. The van der Waals surface area contributed by atoms with Crippen LogP contribution in [0.25, 0.3) is 0 Å². The standard InChI is InChI=1S/C21H34N4O3S/c1-3-22-21(24(2)13-8-18-10-15-28-16-11-18)23-12-17-29(26,27)25-14-9-19-6-4-5-7-20(19)25/h4-7,18H,3,8-17H2,1-2H3,(H,22,23). The van der Waals surface area contributed by atoms with Crippen LogP contribution in [-0.2, 0) is 21.2 Å². The zero-order valence-corrected chi connectivity index (χ0v) is 18.5. The molecular weight excluding hydrogens is 388 g/mol. The third-order valence-electron chi connectivity index (χ3n) is 5.70. The molecule has 2 aliphatic rings. The summed E-state index contributed by atoms with van der Waals surface area (Å²) in [5.41, 5.74) is 1.91. The number of sulfonamides is 1. The molecule has 0 aromatic heterocycles. The van der Waals surface area contributed by atoms with Crippen LogP contribution in [0.1, 0.15) is 31.7 Å². The molecule has 0 radical (unpaired) electrons. The molecule has 0 amide bonds.